The van der Waals surface area contributed by atoms with Crippen LogP contribution in [-0.4, -0.2) is 58.2 Å². The summed E-state index contributed by atoms with van der Waals surface area (Å²) in [5.41, 5.74) is 2.78. The second kappa shape index (κ2) is 12.1. The first-order valence-electron chi connectivity index (χ1n) is 9.96. The van der Waals surface area contributed by atoms with Crippen molar-refractivity contribution in [3.63, 3.8) is 0 Å². The van der Waals surface area contributed by atoms with E-state index in [9.17, 15) is 4.79 Å². The van der Waals surface area contributed by atoms with Crippen LogP contribution in [0.1, 0.15) is 21.5 Å². The second-order valence-corrected chi connectivity index (χ2v) is 6.98. The maximum absolute atomic E-state index is 12.1. The number of ether oxygens (including phenoxy) is 2. The van der Waals surface area contributed by atoms with E-state index in [0.717, 1.165) is 17.5 Å². The second-order valence-electron chi connectivity index (χ2n) is 6.98. The van der Waals surface area contributed by atoms with Gasteiger partial charge in [0.1, 0.15) is 6.61 Å². The predicted molar refractivity (Wildman–Crippen MR) is 124 cm³/mol. The van der Waals surface area contributed by atoms with Crippen molar-refractivity contribution >= 4 is 11.9 Å². The average molecular weight is 423 g/mol. The maximum Gasteiger partial charge on any atom is 0.253 e. The lowest BCUT2D eigenvalue weighted by molar-refractivity contribution is 0.0827. The van der Waals surface area contributed by atoms with Crippen molar-refractivity contribution in [2.45, 2.75) is 13.0 Å². The summed E-state index contributed by atoms with van der Waals surface area (Å²) in [7, 11) is 6.81. The number of hydrogen-bond donors (Lipinski definition) is 2. The van der Waals surface area contributed by atoms with Gasteiger partial charge in [-0.3, -0.25) is 9.79 Å². The minimum Gasteiger partial charge on any atom is -0.493 e. The number of carbonyl (C=O) groups excluding carboxylic acids is 1. The van der Waals surface area contributed by atoms with Crippen LogP contribution >= 0.6 is 0 Å². The molecule has 0 saturated carbocycles. The van der Waals surface area contributed by atoms with E-state index >= 15 is 0 Å². The van der Waals surface area contributed by atoms with Gasteiger partial charge in [-0.2, -0.15) is 0 Å². The highest BCUT2D eigenvalue weighted by atomic mass is 16.5. The summed E-state index contributed by atoms with van der Waals surface area (Å²) in [6, 6.07) is 13.4. The van der Waals surface area contributed by atoms with E-state index in [2.05, 4.69) is 21.5 Å². The summed E-state index contributed by atoms with van der Waals surface area (Å²) in [5.74, 6) is 4.38. The number of nitrogens with one attached hydrogen (secondary N) is 2. The van der Waals surface area contributed by atoms with Crippen LogP contribution in [0.3, 0.4) is 0 Å². The molecule has 0 unspecified atom stereocenters. The van der Waals surface area contributed by atoms with E-state index in [4.69, 9.17) is 15.9 Å². The molecular weight excluding hydrogens is 392 g/mol. The third-order valence-corrected chi connectivity index (χ3v) is 4.51. The van der Waals surface area contributed by atoms with Gasteiger partial charge in [-0.1, -0.05) is 24.1 Å². The van der Waals surface area contributed by atoms with Crippen LogP contribution in [0.5, 0.6) is 11.5 Å². The molecule has 0 aliphatic rings. The van der Waals surface area contributed by atoms with Crippen molar-refractivity contribution in [2.75, 3.05) is 41.4 Å². The fourth-order valence-corrected chi connectivity index (χ4v) is 2.91. The summed E-state index contributed by atoms with van der Waals surface area (Å²) in [4.78, 5) is 18.0. The topological polar surface area (TPSA) is 75.2 Å². The van der Waals surface area contributed by atoms with E-state index in [1.54, 1.807) is 33.2 Å². The molecule has 0 saturated heterocycles. The zero-order chi connectivity index (χ0) is 22.6. The summed E-state index contributed by atoms with van der Waals surface area (Å²) >= 11 is 0. The largest absolute Gasteiger partial charge is 0.493 e. The summed E-state index contributed by atoms with van der Waals surface area (Å²) in [6.07, 6.45) is 6.04. The Kier molecular flexibility index (Phi) is 9.24. The van der Waals surface area contributed by atoms with Gasteiger partial charge < -0.3 is 25.0 Å². The molecule has 0 fully saturated rings. The molecule has 0 radical (unpaired) electrons. The molecular formula is C24H30N4O3. The van der Waals surface area contributed by atoms with E-state index in [-0.39, 0.29) is 12.5 Å². The highest BCUT2D eigenvalue weighted by Crippen LogP contribution is 2.27. The van der Waals surface area contributed by atoms with Gasteiger partial charge in [-0.05, 0) is 41.8 Å². The Morgan fingerprint density at radius 1 is 1.13 bits per heavy atom. The molecule has 2 N–H and O–H groups in total. The lowest BCUT2D eigenvalue weighted by Crippen LogP contribution is -2.37. The number of amides is 1. The number of guanidine groups is 1. The molecule has 2 rings (SSSR count). The molecule has 0 aliphatic heterocycles. The van der Waals surface area contributed by atoms with Crippen molar-refractivity contribution in [1.29, 1.82) is 0 Å². The van der Waals surface area contributed by atoms with Gasteiger partial charge in [0.15, 0.2) is 17.5 Å². The molecule has 164 valence electrons. The Labute approximate surface area is 184 Å². The lowest BCUT2D eigenvalue weighted by atomic mass is 10.1. The number of hydrogen-bond acceptors (Lipinski definition) is 4. The van der Waals surface area contributed by atoms with Crippen LogP contribution in [0.15, 0.2) is 47.5 Å². The Bertz CT molecular complexity index is 948. The van der Waals surface area contributed by atoms with Gasteiger partial charge in [0.2, 0.25) is 0 Å². The molecule has 7 nitrogen and oxygen atoms in total. The molecule has 31 heavy (non-hydrogen) atoms. The van der Waals surface area contributed by atoms with Gasteiger partial charge >= 0.3 is 0 Å². The highest BCUT2D eigenvalue weighted by molar-refractivity contribution is 5.94. The van der Waals surface area contributed by atoms with Crippen LogP contribution in [0.25, 0.3) is 0 Å². The van der Waals surface area contributed by atoms with E-state index in [1.165, 1.54) is 0 Å². The summed E-state index contributed by atoms with van der Waals surface area (Å²) in [5, 5.41) is 6.57. The first-order chi connectivity index (χ1) is 15.0. The Morgan fingerprint density at radius 3 is 2.61 bits per heavy atom. The quantitative estimate of drug-likeness (QED) is 0.369. The monoisotopic (exact) mass is 422 g/mol. The van der Waals surface area contributed by atoms with Crippen LogP contribution in [-0.2, 0) is 13.0 Å². The molecule has 0 spiro atoms. The molecule has 0 atom stereocenters. The molecule has 2 aromatic carbocycles. The van der Waals surface area contributed by atoms with Crippen LogP contribution < -0.4 is 20.1 Å². The third kappa shape index (κ3) is 7.27. The molecule has 0 bridgehead atoms. The zero-order valence-corrected chi connectivity index (χ0v) is 18.6. The number of nitrogens with zero attached hydrogens (tertiary/aromatic N) is 2. The fourth-order valence-electron chi connectivity index (χ4n) is 2.91. The molecule has 0 heterocycles. The number of aliphatic imine (C=N–C) groups is 1. The fraction of sp³-hybridized carbons (Fsp3) is 0.333. The van der Waals surface area contributed by atoms with E-state index < -0.39 is 0 Å². The van der Waals surface area contributed by atoms with Crippen molar-refractivity contribution in [2.24, 2.45) is 4.99 Å². The molecule has 2 aromatic rings. The van der Waals surface area contributed by atoms with Gasteiger partial charge in [0.25, 0.3) is 5.91 Å². The number of methoxy groups -OCH3 is 1. The summed E-state index contributed by atoms with van der Waals surface area (Å²) < 4.78 is 10.8. The SMILES string of the molecule is C#CCOc1cc(CNC(=NC)NCCc2cccc(C(=O)N(C)C)c2)ccc1OC. The Balaban J connectivity index is 1.89. The maximum atomic E-state index is 12.1. The van der Waals surface area contributed by atoms with Crippen LogP contribution in [0.4, 0.5) is 0 Å². The van der Waals surface area contributed by atoms with Crippen molar-refractivity contribution in [3.8, 4) is 23.8 Å². The lowest BCUT2D eigenvalue weighted by Gasteiger charge is -2.14. The predicted octanol–water partition coefficient (Wildman–Crippen LogP) is 2.32. The van der Waals surface area contributed by atoms with Gasteiger partial charge in [0, 0.05) is 39.8 Å². The minimum absolute atomic E-state index is 0.00244. The molecule has 0 aromatic heterocycles. The third-order valence-electron chi connectivity index (χ3n) is 4.51. The first-order valence-corrected chi connectivity index (χ1v) is 9.96. The Morgan fingerprint density at radius 2 is 1.94 bits per heavy atom. The molecule has 0 aliphatic carbocycles. The average Bonchev–Trinajstić information content (AvgIpc) is 2.79. The highest BCUT2D eigenvalue weighted by Gasteiger charge is 2.09. The van der Waals surface area contributed by atoms with Crippen molar-refractivity contribution < 1.29 is 14.3 Å². The summed E-state index contributed by atoms with van der Waals surface area (Å²) in [6.45, 7) is 1.42. The van der Waals surface area contributed by atoms with Gasteiger partial charge in [0.05, 0.1) is 7.11 Å². The van der Waals surface area contributed by atoms with Crippen LogP contribution in [0, 0.1) is 12.3 Å². The number of rotatable bonds is 9. The number of carbonyl (C=O) groups is 1. The van der Waals surface area contributed by atoms with E-state index in [1.807, 2.05) is 42.5 Å². The van der Waals surface area contributed by atoms with Gasteiger partial charge in [-0.15, -0.1) is 6.42 Å². The Hall–Kier alpha value is -3.66. The molecule has 7 heteroatoms. The molecule has 1 amide bonds. The first kappa shape index (κ1) is 23.6. The van der Waals surface area contributed by atoms with E-state index in [0.29, 0.717) is 36.1 Å². The number of benzene rings is 2. The van der Waals surface area contributed by atoms with Crippen molar-refractivity contribution in [3.05, 3.63) is 59.2 Å². The van der Waals surface area contributed by atoms with Gasteiger partial charge in [-0.25, -0.2) is 0 Å². The minimum atomic E-state index is -0.00244. The normalized spacial score (nSPS) is 10.7. The number of terminal acetylenes is 1. The smallest absolute Gasteiger partial charge is 0.253 e. The van der Waals surface area contributed by atoms with Crippen LogP contribution in [0.2, 0.25) is 0 Å². The van der Waals surface area contributed by atoms with Crippen molar-refractivity contribution in [1.82, 2.24) is 15.5 Å². The zero-order valence-electron chi connectivity index (χ0n) is 18.6. The standard InChI is InChI=1S/C24H30N4O3/c1-6-14-31-22-16-19(10-11-21(22)30-5)17-27-24(25-2)26-13-12-18-8-7-9-20(15-18)23(29)28(3)4/h1,7-11,15-16H,12-14,17H2,2-5H3,(H2,25,26,27).